The van der Waals surface area contributed by atoms with Crippen molar-refractivity contribution in [2.75, 3.05) is 0 Å². The molecule has 0 rings (SSSR count). The summed E-state index contributed by atoms with van der Waals surface area (Å²) in [5, 5.41) is 13.9. The Labute approximate surface area is 87.1 Å². The van der Waals surface area contributed by atoms with E-state index < -0.39 is 6.16 Å². The molecule has 0 aliphatic heterocycles. The molecule has 0 atom stereocenters. The van der Waals surface area contributed by atoms with Crippen molar-refractivity contribution in [3.8, 4) is 0 Å². The molecule has 14 radical (unpaired) electrons. The van der Waals surface area contributed by atoms with Gasteiger partial charge >= 0.3 is 49.6 Å². The van der Waals surface area contributed by atoms with Crippen molar-refractivity contribution in [3.05, 3.63) is 0 Å². The molecule has 2 N–H and O–H groups in total. The van der Waals surface area contributed by atoms with Crippen molar-refractivity contribution >= 4 is 49.6 Å². The predicted octanol–water partition coefficient (Wildman–Crippen LogP) is 1.41. The van der Waals surface area contributed by atoms with Gasteiger partial charge in [0, 0.05) is 13.8 Å². The highest BCUT2D eigenvalue weighted by molar-refractivity contribution is 6.08. The van der Waals surface area contributed by atoms with E-state index in [1.54, 1.807) is 0 Å². The Morgan fingerprint density at radius 3 is 1.20 bits per heavy atom. The van der Waals surface area contributed by atoms with E-state index in [1.807, 2.05) is 43.4 Å². The summed E-state index contributed by atoms with van der Waals surface area (Å²) >= 11 is 3.95. The van der Waals surface area contributed by atoms with Gasteiger partial charge < -0.3 is 10.2 Å². The van der Waals surface area contributed by atoms with Crippen LogP contribution in [0.1, 0.15) is 13.8 Å². The minimum atomic E-state index is -1.83. The van der Waals surface area contributed by atoms with Crippen LogP contribution in [0.4, 0.5) is 4.79 Å². The molecule has 50 valence electrons. The highest BCUT2D eigenvalue weighted by Crippen LogP contribution is 1.49. The lowest BCUT2D eigenvalue weighted by molar-refractivity contribution is 0.137. The summed E-state index contributed by atoms with van der Waals surface area (Å²) in [6.07, 6.45) is -1.83. The van der Waals surface area contributed by atoms with Crippen LogP contribution in [-0.4, -0.2) is 59.8 Å². The third-order valence-electron chi connectivity index (χ3n) is 0. The zero-order valence-corrected chi connectivity index (χ0v) is 9.46. The van der Waals surface area contributed by atoms with Gasteiger partial charge in [-0.3, -0.25) is 0 Å². The molecular formula is C5H12Mg2O3+4. The summed E-state index contributed by atoms with van der Waals surface area (Å²) in [6.45, 7) is 4.27. The maximum atomic E-state index is 8.56. The van der Waals surface area contributed by atoms with Gasteiger partial charge in [0.15, 0.2) is 0 Å². The Balaban J connectivity index is -0.0000000750. The Hall–Kier alpha value is 0.802. The molecule has 10 heavy (non-hydrogen) atoms. The standard InChI is InChI=1S/2C2H5.CH2O3.2Mg/c2*1-2;2-1(3)4;;/h2*1H2,2H3;(H2,2,3,4);;/q;;;2*+2. The van der Waals surface area contributed by atoms with Gasteiger partial charge in [0.05, 0.1) is 0 Å². The highest BCUT2D eigenvalue weighted by atomic mass is 24.4. The molecule has 0 aromatic carbocycles. The van der Waals surface area contributed by atoms with Crippen molar-refractivity contribution in [1.82, 2.24) is 0 Å². The minimum Gasteiger partial charge on any atom is -0.450 e. The Morgan fingerprint density at radius 1 is 1.20 bits per heavy atom. The second kappa shape index (κ2) is 22.6. The van der Waals surface area contributed by atoms with E-state index in [-0.39, 0.29) is 0 Å². The van der Waals surface area contributed by atoms with Crippen LogP contribution in [0.3, 0.4) is 0 Å². The molecule has 0 aliphatic rings. The van der Waals surface area contributed by atoms with Gasteiger partial charge in [0.1, 0.15) is 0 Å². The second-order valence-corrected chi connectivity index (χ2v) is 3.28. The van der Waals surface area contributed by atoms with Crippen LogP contribution < -0.4 is 0 Å². The molecular weight excluding hydrogens is 157 g/mol. The zero-order chi connectivity index (χ0) is 8.99. The van der Waals surface area contributed by atoms with Gasteiger partial charge in [-0.25, -0.2) is 4.79 Å². The van der Waals surface area contributed by atoms with Gasteiger partial charge in [-0.1, -0.05) is 0 Å². The van der Waals surface area contributed by atoms with E-state index in [2.05, 4.69) is 13.8 Å². The summed E-state index contributed by atoms with van der Waals surface area (Å²) in [5.41, 5.74) is 0. The van der Waals surface area contributed by atoms with Crippen molar-refractivity contribution in [2.24, 2.45) is 0 Å². The number of hydrogen-bond donors (Lipinski definition) is 2. The van der Waals surface area contributed by atoms with E-state index in [1.165, 1.54) is 9.10 Å². The number of carboxylic acid groups (broad SMARTS) is 2. The SMILES string of the molecule is C[CH2][Mg+2].C[CH2][Mg+2].O=C(O)O. The molecule has 0 bridgehead atoms. The monoisotopic (exact) mass is 168 g/mol. The van der Waals surface area contributed by atoms with Gasteiger partial charge in [0.25, 0.3) is 9.10 Å². The van der Waals surface area contributed by atoms with Crippen LogP contribution >= 0.6 is 0 Å². The van der Waals surface area contributed by atoms with Gasteiger partial charge in [-0.15, -0.1) is 0 Å². The van der Waals surface area contributed by atoms with Crippen molar-refractivity contribution in [3.63, 3.8) is 0 Å². The molecule has 3 nitrogen and oxygen atoms in total. The number of carbonyl (C=O) groups is 1. The smallest absolute Gasteiger partial charge is 0.450 e. The fourth-order valence-electron chi connectivity index (χ4n) is 0. The summed E-state index contributed by atoms with van der Waals surface area (Å²) in [5.74, 6) is 0. The normalized spacial score (nSPS) is 6.00. The first-order chi connectivity index (χ1) is 4.56. The van der Waals surface area contributed by atoms with Crippen LogP contribution in [0.25, 0.3) is 0 Å². The van der Waals surface area contributed by atoms with E-state index >= 15 is 0 Å². The number of rotatable bonds is 0. The molecule has 0 fully saturated rings. The second-order valence-electron chi connectivity index (χ2n) is 1.28. The van der Waals surface area contributed by atoms with Crippen LogP contribution in [0, 0.1) is 0 Å². The van der Waals surface area contributed by atoms with Crippen molar-refractivity contribution in [1.29, 1.82) is 0 Å². The molecule has 0 unspecified atom stereocenters. The van der Waals surface area contributed by atoms with Crippen molar-refractivity contribution < 1.29 is 15.0 Å². The minimum absolute atomic E-state index is 1.28. The molecule has 0 saturated carbocycles. The van der Waals surface area contributed by atoms with Crippen molar-refractivity contribution in [2.45, 2.75) is 22.9 Å². The summed E-state index contributed by atoms with van der Waals surface area (Å²) < 4.78 is 2.56. The lowest BCUT2D eigenvalue weighted by Gasteiger charge is -1.60. The predicted molar refractivity (Wildman–Crippen MR) is 43.1 cm³/mol. The Bertz CT molecular complexity index is 52.9. The topological polar surface area (TPSA) is 57.5 Å². The van der Waals surface area contributed by atoms with E-state index in [9.17, 15) is 0 Å². The van der Waals surface area contributed by atoms with E-state index in [4.69, 9.17) is 15.0 Å². The molecule has 0 amide bonds. The summed E-state index contributed by atoms with van der Waals surface area (Å²) in [6, 6.07) is 0. The van der Waals surface area contributed by atoms with Gasteiger partial charge in [0.2, 0.25) is 0 Å². The molecule has 0 aromatic rings. The Morgan fingerprint density at radius 2 is 1.20 bits per heavy atom. The average molecular weight is 169 g/mol. The summed E-state index contributed by atoms with van der Waals surface area (Å²) in [7, 11) is 0. The van der Waals surface area contributed by atoms with Crippen LogP contribution in [0.2, 0.25) is 9.10 Å². The molecule has 0 spiro atoms. The number of hydrogen-bond acceptors (Lipinski definition) is 1. The lowest BCUT2D eigenvalue weighted by atomic mass is 11.0. The zero-order valence-electron chi connectivity index (χ0n) is 6.63. The first-order valence-corrected chi connectivity index (χ1v) is 5.07. The van der Waals surface area contributed by atoms with E-state index in [0.29, 0.717) is 0 Å². The van der Waals surface area contributed by atoms with Gasteiger partial charge in [-0.2, -0.15) is 0 Å². The third-order valence-corrected chi connectivity index (χ3v) is 0. The molecule has 5 heteroatoms. The maximum absolute atomic E-state index is 8.56. The first kappa shape index (κ1) is 17.1. The highest BCUT2D eigenvalue weighted by Gasteiger charge is 2.13. The lowest BCUT2D eigenvalue weighted by Crippen LogP contribution is -1.81. The van der Waals surface area contributed by atoms with E-state index in [0.717, 1.165) is 0 Å². The quantitative estimate of drug-likeness (QED) is 0.538. The van der Waals surface area contributed by atoms with Crippen LogP contribution in [0.15, 0.2) is 0 Å². The molecule has 0 aliphatic carbocycles. The Kier molecular flexibility index (Phi) is 38.5. The fraction of sp³-hybridized carbons (Fsp3) is 0.800. The molecule has 0 aromatic heterocycles. The third kappa shape index (κ3) is 832. The molecule has 0 heterocycles. The summed E-state index contributed by atoms with van der Waals surface area (Å²) in [4.78, 5) is 8.56. The molecule has 0 saturated heterocycles. The van der Waals surface area contributed by atoms with Gasteiger partial charge in [-0.05, 0) is 0 Å². The maximum Gasteiger partial charge on any atom is 1.41 e. The first-order valence-electron chi connectivity index (χ1n) is 3.07. The van der Waals surface area contributed by atoms with Crippen LogP contribution in [-0.2, 0) is 0 Å². The average Bonchev–Trinajstić information content (AvgIpc) is 1.65. The fourth-order valence-corrected chi connectivity index (χ4v) is 0. The van der Waals surface area contributed by atoms with Crippen LogP contribution in [0.5, 0.6) is 0 Å². The largest absolute Gasteiger partial charge is 1.41 e.